The van der Waals surface area contributed by atoms with Crippen LogP contribution in [0.4, 0.5) is 4.39 Å². The Balaban J connectivity index is 1.59. The fourth-order valence-electron chi connectivity index (χ4n) is 3.99. The normalized spacial score (nSPS) is 17.2. The van der Waals surface area contributed by atoms with Crippen LogP contribution in [0.25, 0.3) is 10.9 Å². The smallest absolute Gasteiger partial charge is 0.268 e. The van der Waals surface area contributed by atoms with Gasteiger partial charge in [-0.15, -0.1) is 0 Å². The van der Waals surface area contributed by atoms with Gasteiger partial charge in [-0.2, -0.15) is 0 Å². The number of amides is 2. The van der Waals surface area contributed by atoms with Crippen LogP contribution >= 0.6 is 11.6 Å². The lowest BCUT2D eigenvalue weighted by Gasteiger charge is -2.35. The van der Waals surface area contributed by atoms with Gasteiger partial charge in [0.15, 0.2) is 0 Å². The van der Waals surface area contributed by atoms with Gasteiger partial charge in [-0.3, -0.25) is 9.59 Å². The molecular weight excluding hydrogens is 435 g/mol. The van der Waals surface area contributed by atoms with Gasteiger partial charge in [0.2, 0.25) is 5.91 Å². The van der Waals surface area contributed by atoms with E-state index < -0.39 is 18.0 Å². The van der Waals surface area contributed by atoms with E-state index in [2.05, 4.69) is 15.3 Å². The van der Waals surface area contributed by atoms with Gasteiger partial charge in [-0.1, -0.05) is 23.7 Å². The van der Waals surface area contributed by atoms with Crippen molar-refractivity contribution in [2.24, 2.45) is 0 Å². The molecule has 1 saturated heterocycles. The number of nitrogens with one attached hydrogen (secondary N) is 2. The third-order valence-corrected chi connectivity index (χ3v) is 5.87. The minimum absolute atomic E-state index is 0.167. The summed E-state index contributed by atoms with van der Waals surface area (Å²) >= 11 is 5.92. The molecule has 0 bridgehead atoms. The third kappa shape index (κ3) is 4.80. The molecule has 0 aliphatic carbocycles. The van der Waals surface area contributed by atoms with E-state index in [9.17, 15) is 18.8 Å². The Morgan fingerprint density at radius 2 is 2.06 bits per heavy atom. The van der Waals surface area contributed by atoms with Crippen LogP contribution in [0.1, 0.15) is 35.3 Å². The molecule has 32 heavy (non-hydrogen) atoms. The van der Waals surface area contributed by atoms with Gasteiger partial charge in [0.05, 0.1) is 17.8 Å². The van der Waals surface area contributed by atoms with E-state index in [0.29, 0.717) is 34.6 Å². The molecule has 0 unspecified atom stereocenters. The number of aromatic nitrogens is 2. The Hall–Kier alpha value is -3.26. The highest BCUT2D eigenvalue weighted by molar-refractivity contribution is 6.30. The second kappa shape index (κ2) is 9.48. The van der Waals surface area contributed by atoms with Crippen LogP contribution in [0.3, 0.4) is 0 Å². The molecule has 1 aromatic carbocycles. The number of hydrogen-bond acceptors (Lipinski definition) is 4. The summed E-state index contributed by atoms with van der Waals surface area (Å²) < 4.78 is 13.3. The van der Waals surface area contributed by atoms with Crippen molar-refractivity contribution in [3.8, 4) is 0 Å². The number of fused-ring (bicyclic) bond motifs is 1. The van der Waals surface area contributed by atoms with Crippen LogP contribution in [0.15, 0.2) is 42.6 Å². The second-order valence-electron chi connectivity index (χ2n) is 7.86. The highest BCUT2D eigenvalue weighted by Crippen LogP contribution is 2.20. The predicted molar refractivity (Wildman–Crippen MR) is 118 cm³/mol. The number of aromatic amines is 1. The minimum atomic E-state index is -0.915. The molecule has 3 aromatic rings. The number of aldehydes is 1. The van der Waals surface area contributed by atoms with Crippen molar-refractivity contribution >= 4 is 40.6 Å². The van der Waals surface area contributed by atoms with Gasteiger partial charge in [0, 0.05) is 18.4 Å². The first-order valence-corrected chi connectivity index (χ1v) is 10.8. The fourth-order valence-corrected chi connectivity index (χ4v) is 4.16. The maximum absolute atomic E-state index is 13.4. The number of piperidine rings is 1. The molecule has 3 heterocycles. The lowest BCUT2D eigenvalue weighted by Crippen LogP contribution is -2.54. The number of nitrogens with zero attached hydrogens (tertiary/aromatic N) is 2. The average Bonchev–Trinajstić information content (AvgIpc) is 3.23. The molecule has 0 spiro atoms. The molecule has 4 rings (SSSR count). The van der Waals surface area contributed by atoms with E-state index in [0.717, 1.165) is 19.1 Å². The molecule has 1 aliphatic rings. The number of likely N-dealkylation sites (tertiary alicyclic amines) is 1. The van der Waals surface area contributed by atoms with Crippen molar-refractivity contribution in [1.82, 2.24) is 20.2 Å². The molecule has 0 saturated carbocycles. The Bertz CT molecular complexity index is 1150. The summed E-state index contributed by atoms with van der Waals surface area (Å²) in [5, 5.41) is 3.81. The molecule has 1 fully saturated rings. The van der Waals surface area contributed by atoms with E-state index in [1.165, 1.54) is 23.2 Å². The van der Waals surface area contributed by atoms with Crippen molar-refractivity contribution in [2.45, 2.75) is 37.8 Å². The van der Waals surface area contributed by atoms with Crippen molar-refractivity contribution < 1.29 is 18.8 Å². The Morgan fingerprint density at radius 3 is 2.81 bits per heavy atom. The van der Waals surface area contributed by atoms with Gasteiger partial charge < -0.3 is 20.0 Å². The quantitative estimate of drug-likeness (QED) is 0.439. The Morgan fingerprint density at radius 1 is 1.28 bits per heavy atom. The van der Waals surface area contributed by atoms with Crippen molar-refractivity contribution in [2.75, 3.05) is 6.54 Å². The van der Waals surface area contributed by atoms with Crippen molar-refractivity contribution in [3.63, 3.8) is 0 Å². The third-order valence-electron chi connectivity index (χ3n) is 5.66. The first kappa shape index (κ1) is 22.0. The number of H-pyrrole nitrogens is 1. The van der Waals surface area contributed by atoms with Crippen LogP contribution in [0.5, 0.6) is 0 Å². The number of rotatable bonds is 6. The van der Waals surface area contributed by atoms with Crippen molar-refractivity contribution in [1.29, 1.82) is 0 Å². The number of halogens is 2. The predicted octanol–water partition coefficient (Wildman–Crippen LogP) is 3.28. The average molecular weight is 457 g/mol. The van der Waals surface area contributed by atoms with E-state index in [4.69, 9.17) is 11.6 Å². The van der Waals surface area contributed by atoms with Crippen LogP contribution in [0.2, 0.25) is 5.15 Å². The van der Waals surface area contributed by atoms with E-state index in [-0.39, 0.29) is 23.8 Å². The highest BCUT2D eigenvalue weighted by Gasteiger charge is 2.32. The summed E-state index contributed by atoms with van der Waals surface area (Å²) in [5.74, 6) is -1.19. The summed E-state index contributed by atoms with van der Waals surface area (Å²) in [6.45, 7) is 0.453. The zero-order valence-corrected chi connectivity index (χ0v) is 17.9. The molecule has 2 aromatic heterocycles. The van der Waals surface area contributed by atoms with Gasteiger partial charge in [0.1, 0.15) is 29.0 Å². The largest absolute Gasteiger partial charge is 0.349 e. The summed E-state index contributed by atoms with van der Waals surface area (Å²) in [4.78, 5) is 46.4. The minimum Gasteiger partial charge on any atom is -0.349 e. The molecule has 9 heteroatoms. The lowest BCUT2D eigenvalue weighted by molar-refractivity contribution is -0.139. The Kier molecular flexibility index (Phi) is 6.50. The summed E-state index contributed by atoms with van der Waals surface area (Å²) in [6, 6.07) is 7.61. The van der Waals surface area contributed by atoms with E-state index >= 15 is 0 Å². The van der Waals surface area contributed by atoms with Gasteiger partial charge in [-0.25, -0.2) is 9.37 Å². The standard InChI is InChI=1S/C23H22ClFN4O3/c24-21-11-15-10-18(27-20(15)12-26-21)22(31)28-19(9-14-4-6-16(25)7-5-14)23(32)29-8-2-1-3-17(29)13-30/h4-7,10-13,17,19,27H,1-3,8-9H2,(H,28,31)/t17-,19-/m0/s1. The summed E-state index contributed by atoms with van der Waals surface area (Å²) in [5.41, 5.74) is 1.59. The number of hydrogen-bond donors (Lipinski definition) is 2. The van der Waals surface area contributed by atoms with E-state index in [1.807, 2.05) is 0 Å². The second-order valence-corrected chi connectivity index (χ2v) is 8.25. The van der Waals surface area contributed by atoms with Gasteiger partial charge in [-0.05, 0) is 49.1 Å². The number of carbonyl (C=O) groups is 3. The number of benzene rings is 1. The summed E-state index contributed by atoms with van der Waals surface area (Å²) in [7, 11) is 0. The zero-order valence-electron chi connectivity index (χ0n) is 17.2. The maximum Gasteiger partial charge on any atom is 0.268 e. The molecule has 1 aliphatic heterocycles. The monoisotopic (exact) mass is 456 g/mol. The van der Waals surface area contributed by atoms with Gasteiger partial charge >= 0.3 is 0 Å². The van der Waals surface area contributed by atoms with Crippen LogP contribution in [-0.4, -0.2) is 51.6 Å². The molecule has 166 valence electrons. The molecule has 2 amide bonds. The summed E-state index contributed by atoms with van der Waals surface area (Å²) in [6.07, 6.45) is 4.74. The first-order chi connectivity index (χ1) is 15.4. The molecular formula is C23H22ClFN4O3. The SMILES string of the molecule is O=C[C@@H]1CCCCN1C(=O)[C@H](Cc1ccc(F)cc1)NC(=O)c1cc2cc(Cl)ncc2[nH]1. The first-order valence-electron chi connectivity index (χ1n) is 10.4. The lowest BCUT2D eigenvalue weighted by atomic mass is 9.99. The zero-order chi connectivity index (χ0) is 22.7. The van der Waals surface area contributed by atoms with E-state index in [1.54, 1.807) is 24.3 Å². The number of carbonyl (C=O) groups excluding carboxylic acids is 3. The fraction of sp³-hybridized carbons (Fsp3) is 0.304. The topological polar surface area (TPSA) is 95.2 Å². The molecule has 0 radical (unpaired) electrons. The molecule has 7 nitrogen and oxygen atoms in total. The van der Waals surface area contributed by atoms with Gasteiger partial charge in [0.25, 0.3) is 5.91 Å². The van der Waals surface area contributed by atoms with Crippen LogP contribution < -0.4 is 5.32 Å². The molecule has 2 N–H and O–H groups in total. The van der Waals surface area contributed by atoms with Crippen molar-refractivity contribution in [3.05, 3.63) is 64.8 Å². The highest BCUT2D eigenvalue weighted by atomic mass is 35.5. The Labute approximate surface area is 189 Å². The number of pyridine rings is 1. The maximum atomic E-state index is 13.4. The molecule has 2 atom stereocenters. The van der Waals surface area contributed by atoms with Crippen LogP contribution in [0, 0.1) is 5.82 Å². The van der Waals surface area contributed by atoms with Crippen LogP contribution in [-0.2, 0) is 16.0 Å².